The Kier molecular flexibility index (Phi) is 4.42. The molecule has 0 saturated carbocycles. The summed E-state index contributed by atoms with van der Waals surface area (Å²) < 4.78 is 1.18. The number of hydrogen-bond donors (Lipinski definition) is 2. The fourth-order valence-electron chi connectivity index (χ4n) is 2.12. The minimum Gasteiger partial charge on any atom is -0.494 e. The van der Waals surface area contributed by atoms with Crippen LogP contribution in [-0.2, 0) is 6.54 Å². The smallest absolute Gasteiger partial charge is 0.331 e. The Hall–Kier alpha value is -2.56. The van der Waals surface area contributed by atoms with E-state index >= 15 is 0 Å². The Morgan fingerprint density at radius 1 is 1.24 bits per heavy atom. The van der Waals surface area contributed by atoms with Crippen molar-refractivity contribution in [3.63, 3.8) is 0 Å². The van der Waals surface area contributed by atoms with Crippen LogP contribution < -0.4 is 11.2 Å². The highest BCUT2D eigenvalue weighted by molar-refractivity contribution is 5.67. The molecule has 0 saturated heterocycles. The number of H-pyrrole nitrogens is 1. The third kappa shape index (κ3) is 3.13. The van der Waals surface area contributed by atoms with Crippen molar-refractivity contribution in [2.45, 2.75) is 26.8 Å². The lowest BCUT2D eigenvalue weighted by molar-refractivity contribution is 0.404. The maximum Gasteiger partial charge on any atom is 0.331 e. The zero-order chi connectivity index (χ0) is 15.4. The highest BCUT2D eigenvalue weighted by Gasteiger charge is 2.15. The van der Waals surface area contributed by atoms with Gasteiger partial charge in [-0.2, -0.15) is 0 Å². The van der Waals surface area contributed by atoms with E-state index in [1.54, 1.807) is 12.1 Å². The summed E-state index contributed by atoms with van der Waals surface area (Å²) in [5.74, 6) is -0.294. The minimum absolute atomic E-state index is 0.120. The molecule has 0 spiro atoms. The summed E-state index contributed by atoms with van der Waals surface area (Å²) in [6, 6.07) is 7.20. The van der Waals surface area contributed by atoms with Crippen molar-refractivity contribution < 1.29 is 5.11 Å². The molecule has 110 valence electrons. The second-order valence-corrected chi connectivity index (χ2v) is 4.83. The van der Waals surface area contributed by atoms with Gasteiger partial charge in [0.05, 0.1) is 0 Å². The van der Waals surface area contributed by atoms with E-state index in [1.165, 1.54) is 4.57 Å². The summed E-state index contributed by atoms with van der Waals surface area (Å²) in [6.07, 6.45) is 4.36. The van der Waals surface area contributed by atoms with Gasteiger partial charge in [-0.3, -0.25) is 14.3 Å². The molecule has 1 aromatic carbocycles. The summed E-state index contributed by atoms with van der Waals surface area (Å²) in [6.45, 7) is 4.13. The predicted octanol–water partition coefficient (Wildman–Crippen LogP) is 2.18. The van der Waals surface area contributed by atoms with Gasteiger partial charge < -0.3 is 5.11 Å². The van der Waals surface area contributed by atoms with E-state index in [0.29, 0.717) is 18.5 Å². The van der Waals surface area contributed by atoms with Gasteiger partial charge in [0.25, 0.3) is 5.56 Å². The molecule has 0 aliphatic rings. The number of nitrogens with one attached hydrogen (secondary N) is 1. The molecule has 0 radical (unpaired) electrons. The van der Waals surface area contributed by atoms with Gasteiger partial charge in [0.15, 0.2) is 0 Å². The number of benzene rings is 1. The van der Waals surface area contributed by atoms with E-state index in [2.05, 4.69) is 4.98 Å². The molecule has 2 N–H and O–H groups in total. The molecule has 2 aromatic rings. The van der Waals surface area contributed by atoms with Gasteiger partial charge in [-0.25, -0.2) is 4.79 Å². The zero-order valence-corrected chi connectivity index (χ0v) is 12.1. The molecule has 2 rings (SSSR count). The molecular formula is C16H18N2O3. The van der Waals surface area contributed by atoms with E-state index in [1.807, 2.05) is 38.1 Å². The topological polar surface area (TPSA) is 75.1 Å². The van der Waals surface area contributed by atoms with Crippen LogP contribution in [0.5, 0.6) is 5.88 Å². The van der Waals surface area contributed by atoms with Crippen LogP contribution in [-0.4, -0.2) is 14.7 Å². The van der Waals surface area contributed by atoms with Crippen LogP contribution in [0.15, 0.2) is 46.0 Å². The van der Waals surface area contributed by atoms with Gasteiger partial charge in [-0.15, -0.1) is 0 Å². The first-order chi connectivity index (χ1) is 10.0. The lowest BCUT2D eigenvalue weighted by Crippen LogP contribution is -2.31. The van der Waals surface area contributed by atoms with Crippen LogP contribution in [0.4, 0.5) is 0 Å². The maximum absolute atomic E-state index is 12.0. The van der Waals surface area contributed by atoms with E-state index in [4.69, 9.17) is 0 Å². The number of aromatic amines is 1. The number of allylic oxidation sites excluding steroid dienone is 2. The average Bonchev–Trinajstić information content (AvgIpc) is 2.44. The summed E-state index contributed by atoms with van der Waals surface area (Å²) in [5.41, 5.74) is 0.576. The molecule has 0 bridgehead atoms. The molecule has 0 aliphatic heterocycles. The molecule has 1 heterocycles. The van der Waals surface area contributed by atoms with Crippen LogP contribution in [0, 0.1) is 6.92 Å². The van der Waals surface area contributed by atoms with Crippen LogP contribution in [0.25, 0.3) is 11.1 Å². The van der Waals surface area contributed by atoms with Crippen molar-refractivity contribution >= 4 is 0 Å². The first-order valence-electron chi connectivity index (χ1n) is 6.79. The predicted molar refractivity (Wildman–Crippen MR) is 82.6 cm³/mol. The fourth-order valence-corrected chi connectivity index (χ4v) is 2.12. The van der Waals surface area contributed by atoms with Crippen LogP contribution in [0.3, 0.4) is 0 Å². The quantitative estimate of drug-likeness (QED) is 0.846. The Bertz CT molecular complexity index is 768. The summed E-state index contributed by atoms with van der Waals surface area (Å²) in [7, 11) is 0. The van der Waals surface area contributed by atoms with Crippen molar-refractivity contribution in [3.05, 3.63) is 62.8 Å². The monoisotopic (exact) mass is 286 g/mol. The molecule has 0 fully saturated rings. The lowest BCUT2D eigenvalue weighted by Gasteiger charge is -2.10. The molecular weight excluding hydrogens is 268 g/mol. The molecule has 5 heteroatoms. The van der Waals surface area contributed by atoms with Crippen LogP contribution in [0.2, 0.25) is 0 Å². The second-order valence-electron chi connectivity index (χ2n) is 4.83. The van der Waals surface area contributed by atoms with E-state index in [-0.39, 0.29) is 11.4 Å². The van der Waals surface area contributed by atoms with Crippen molar-refractivity contribution in [2.24, 2.45) is 0 Å². The lowest BCUT2D eigenvalue weighted by atomic mass is 10.1. The van der Waals surface area contributed by atoms with Crippen molar-refractivity contribution in [1.29, 1.82) is 0 Å². The average molecular weight is 286 g/mol. The molecule has 0 unspecified atom stereocenters. The van der Waals surface area contributed by atoms with Crippen molar-refractivity contribution in [1.82, 2.24) is 9.55 Å². The first-order valence-corrected chi connectivity index (χ1v) is 6.79. The molecule has 0 atom stereocenters. The summed E-state index contributed by atoms with van der Waals surface area (Å²) in [5, 5.41) is 10.3. The molecule has 0 aliphatic carbocycles. The molecule has 0 amide bonds. The largest absolute Gasteiger partial charge is 0.494 e. The second kappa shape index (κ2) is 6.26. The van der Waals surface area contributed by atoms with Crippen molar-refractivity contribution in [3.8, 4) is 17.0 Å². The molecule has 1 aromatic heterocycles. The zero-order valence-electron chi connectivity index (χ0n) is 12.1. The Morgan fingerprint density at radius 2 is 1.90 bits per heavy atom. The normalized spacial score (nSPS) is 11.1. The minimum atomic E-state index is -0.599. The van der Waals surface area contributed by atoms with Crippen molar-refractivity contribution in [2.75, 3.05) is 0 Å². The van der Waals surface area contributed by atoms with Gasteiger partial charge in [0.2, 0.25) is 5.88 Å². The van der Waals surface area contributed by atoms with E-state index in [9.17, 15) is 14.7 Å². The number of nitrogens with zero attached hydrogens (tertiary/aromatic N) is 1. The van der Waals surface area contributed by atoms with Gasteiger partial charge in [-0.05, 0) is 25.8 Å². The van der Waals surface area contributed by atoms with Gasteiger partial charge in [0, 0.05) is 6.54 Å². The fraction of sp³-hybridized carbons (Fsp3) is 0.250. The first kappa shape index (κ1) is 14.8. The van der Waals surface area contributed by atoms with Gasteiger partial charge >= 0.3 is 5.69 Å². The highest BCUT2D eigenvalue weighted by atomic mass is 16.3. The highest BCUT2D eigenvalue weighted by Crippen LogP contribution is 2.24. The Labute approximate surface area is 122 Å². The van der Waals surface area contributed by atoms with Gasteiger partial charge in [-0.1, -0.05) is 42.0 Å². The number of aromatic hydroxyl groups is 1. The number of aromatic nitrogens is 2. The van der Waals surface area contributed by atoms with Crippen LogP contribution in [0.1, 0.15) is 18.9 Å². The van der Waals surface area contributed by atoms with E-state index < -0.39 is 11.2 Å². The summed E-state index contributed by atoms with van der Waals surface area (Å²) >= 11 is 0. The Balaban J connectivity index is 2.56. The van der Waals surface area contributed by atoms with Gasteiger partial charge in [0.1, 0.15) is 5.56 Å². The molecule has 21 heavy (non-hydrogen) atoms. The number of aryl methyl sites for hydroxylation is 1. The van der Waals surface area contributed by atoms with Crippen LogP contribution >= 0.6 is 0 Å². The number of rotatable bonds is 4. The standard InChI is InChI=1S/C16H18N2O3/c1-3-4-5-10-18-15(20)13(14(19)17-16(18)21)12-8-6-11(2)7-9-12/h3-4,6-9,20H,5,10H2,1-2H3,(H,17,19,21)/b4-3+. The number of hydrogen-bond acceptors (Lipinski definition) is 3. The maximum atomic E-state index is 12.0. The Morgan fingerprint density at radius 3 is 2.52 bits per heavy atom. The third-order valence-electron chi connectivity index (χ3n) is 3.27. The summed E-state index contributed by atoms with van der Waals surface area (Å²) in [4.78, 5) is 26.1. The SMILES string of the molecule is C/C=C/CCn1c(O)c(-c2ccc(C)cc2)c(=O)[nH]c1=O. The molecule has 5 nitrogen and oxygen atoms in total. The third-order valence-corrected chi connectivity index (χ3v) is 3.27. The van der Waals surface area contributed by atoms with E-state index in [0.717, 1.165) is 5.56 Å².